The lowest BCUT2D eigenvalue weighted by Crippen LogP contribution is -1.93. The number of aryl methyl sites for hydroxylation is 1. The first kappa shape index (κ1) is 14.5. The van der Waals surface area contributed by atoms with E-state index in [0.717, 1.165) is 22.5 Å². The summed E-state index contributed by atoms with van der Waals surface area (Å²) in [6.07, 6.45) is 4.08. The zero-order valence-corrected chi connectivity index (χ0v) is 14.8. The van der Waals surface area contributed by atoms with Crippen LogP contribution in [0.15, 0.2) is 67.0 Å². The van der Waals surface area contributed by atoms with Gasteiger partial charge >= 0.3 is 0 Å². The van der Waals surface area contributed by atoms with Gasteiger partial charge in [0.1, 0.15) is 5.65 Å². The van der Waals surface area contributed by atoms with Crippen LogP contribution < -0.4 is 0 Å². The quantitative estimate of drug-likeness (QED) is 0.405. The SMILES string of the molecule is Cc1ccc(-n2cc(I)c3cc(-c4c[c]ccc4)cnc32)cc1. The van der Waals surface area contributed by atoms with Crippen LogP contribution in [0.3, 0.4) is 0 Å². The molecule has 0 amide bonds. The molecule has 4 rings (SSSR count). The van der Waals surface area contributed by atoms with E-state index in [4.69, 9.17) is 4.98 Å². The number of benzene rings is 2. The molecule has 0 spiro atoms. The summed E-state index contributed by atoms with van der Waals surface area (Å²) in [5.41, 5.74) is 5.64. The van der Waals surface area contributed by atoms with Crippen molar-refractivity contribution in [3.8, 4) is 16.8 Å². The molecular weight excluding hydrogens is 395 g/mol. The van der Waals surface area contributed by atoms with Gasteiger partial charge in [-0.2, -0.15) is 0 Å². The van der Waals surface area contributed by atoms with Crippen molar-refractivity contribution in [1.82, 2.24) is 9.55 Å². The average Bonchev–Trinajstić information content (AvgIpc) is 2.93. The van der Waals surface area contributed by atoms with Gasteiger partial charge in [-0.05, 0) is 65.4 Å². The smallest absolute Gasteiger partial charge is 0.145 e. The Morgan fingerprint density at radius 1 is 1.09 bits per heavy atom. The van der Waals surface area contributed by atoms with Gasteiger partial charge < -0.3 is 4.57 Å². The maximum atomic E-state index is 4.72. The van der Waals surface area contributed by atoms with Gasteiger partial charge in [0.2, 0.25) is 0 Å². The lowest BCUT2D eigenvalue weighted by molar-refractivity contribution is 1.09. The Labute approximate surface area is 148 Å². The van der Waals surface area contributed by atoms with E-state index in [1.807, 2.05) is 24.4 Å². The molecule has 0 aliphatic rings. The van der Waals surface area contributed by atoms with Gasteiger partial charge in [0.25, 0.3) is 0 Å². The summed E-state index contributed by atoms with van der Waals surface area (Å²) in [6, 6.07) is 21.8. The van der Waals surface area contributed by atoms with Crippen molar-refractivity contribution in [2.75, 3.05) is 0 Å². The molecule has 3 heteroatoms. The van der Waals surface area contributed by atoms with Crippen LogP contribution >= 0.6 is 22.6 Å². The van der Waals surface area contributed by atoms with E-state index in [1.165, 1.54) is 14.5 Å². The fourth-order valence-electron chi connectivity index (χ4n) is 2.70. The zero-order chi connectivity index (χ0) is 15.8. The molecule has 0 aliphatic carbocycles. The normalized spacial score (nSPS) is 11.0. The molecule has 2 heterocycles. The van der Waals surface area contributed by atoms with Crippen molar-refractivity contribution in [1.29, 1.82) is 0 Å². The predicted octanol–water partition coefficient (Wildman–Crippen LogP) is 5.41. The first-order chi connectivity index (χ1) is 11.2. The number of pyridine rings is 1. The summed E-state index contributed by atoms with van der Waals surface area (Å²) in [6.45, 7) is 2.10. The molecule has 0 N–H and O–H groups in total. The number of nitrogens with zero attached hydrogens (tertiary/aromatic N) is 2. The van der Waals surface area contributed by atoms with E-state index in [2.05, 4.69) is 82.7 Å². The second-order valence-corrected chi connectivity index (χ2v) is 6.73. The van der Waals surface area contributed by atoms with Gasteiger partial charge in [-0.3, -0.25) is 0 Å². The van der Waals surface area contributed by atoms with Gasteiger partial charge in [0.05, 0.1) is 0 Å². The largest absolute Gasteiger partial charge is 0.300 e. The predicted molar refractivity (Wildman–Crippen MR) is 103 cm³/mol. The van der Waals surface area contributed by atoms with Gasteiger partial charge in [0.15, 0.2) is 0 Å². The molecule has 0 unspecified atom stereocenters. The van der Waals surface area contributed by atoms with Crippen LogP contribution in [0.4, 0.5) is 0 Å². The number of aromatic nitrogens is 2. The van der Waals surface area contributed by atoms with E-state index in [1.54, 1.807) is 0 Å². The molecule has 0 aliphatic heterocycles. The van der Waals surface area contributed by atoms with E-state index in [0.29, 0.717) is 0 Å². The highest BCUT2D eigenvalue weighted by atomic mass is 127. The van der Waals surface area contributed by atoms with Crippen LogP contribution in [0.5, 0.6) is 0 Å². The minimum Gasteiger partial charge on any atom is -0.300 e. The first-order valence-electron chi connectivity index (χ1n) is 7.42. The standard InChI is InChI=1S/C20H14IN2/c1-14-7-9-17(10-8-14)23-13-19(21)18-11-16(12-22-20(18)23)15-5-3-2-4-6-15/h2-3,5-13H,1H3. The summed E-state index contributed by atoms with van der Waals surface area (Å²) in [7, 11) is 0. The molecule has 0 atom stereocenters. The molecule has 2 aromatic heterocycles. The Balaban J connectivity index is 1.88. The molecule has 1 radical (unpaired) electrons. The van der Waals surface area contributed by atoms with Crippen LogP contribution in [0.2, 0.25) is 0 Å². The van der Waals surface area contributed by atoms with Crippen molar-refractivity contribution in [3.05, 3.63) is 82.2 Å². The van der Waals surface area contributed by atoms with Crippen molar-refractivity contribution in [2.45, 2.75) is 6.92 Å². The van der Waals surface area contributed by atoms with Crippen LogP contribution in [0.1, 0.15) is 5.56 Å². The minimum atomic E-state index is 0.988. The van der Waals surface area contributed by atoms with Crippen LogP contribution in [-0.4, -0.2) is 9.55 Å². The van der Waals surface area contributed by atoms with Crippen LogP contribution in [-0.2, 0) is 0 Å². The van der Waals surface area contributed by atoms with E-state index < -0.39 is 0 Å². The second-order valence-electron chi connectivity index (χ2n) is 5.57. The lowest BCUT2D eigenvalue weighted by Gasteiger charge is -2.06. The highest BCUT2D eigenvalue weighted by molar-refractivity contribution is 14.1. The van der Waals surface area contributed by atoms with Crippen LogP contribution in [0, 0.1) is 16.6 Å². The number of rotatable bonds is 2. The Morgan fingerprint density at radius 3 is 2.65 bits per heavy atom. The Kier molecular flexibility index (Phi) is 3.65. The summed E-state index contributed by atoms with van der Waals surface area (Å²) in [4.78, 5) is 4.72. The summed E-state index contributed by atoms with van der Waals surface area (Å²) in [5.74, 6) is 0. The van der Waals surface area contributed by atoms with Gasteiger partial charge in [-0.1, -0.05) is 35.9 Å². The van der Waals surface area contributed by atoms with Crippen molar-refractivity contribution in [2.24, 2.45) is 0 Å². The van der Waals surface area contributed by atoms with E-state index in [9.17, 15) is 0 Å². The molecule has 111 valence electrons. The summed E-state index contributed by atoms with van der Waals surface area (Å²) >= 11 is 2.38. The highest BCUT2D eigenvalue weighted by Crippen LogP contribution is 2.29. The Morgan fingerprint density at radius 2 is 1.91 bits per heavy atom. The van der Waals surface area contributed by atoms with E-state index in [-0.39, 0.29) is 0 Å². The van der Waals surface area contributed by atoms with Crippen molar-refractivity contribution < 1.29 is 0 Å². The summed E-state index contributed by atoms with van der Waals surface area (Å²) in [5, 5.41) is 1.17. The monoisotopic (exact) mass is 409 g/mol. The molecule has 2 nitrogen and oxygen atoms in total. The molecule has 0 bridgehead atoms. The van der Waals surface area contributed by atoms with Crippen LogP contribution in [0.25, 0.3) is 27.8 Å². The first-order valence-corrected chi connectivity index (χ1v) is 8.50. The molecule has 23 heavy (non-hydrogen) atoms. The highest BCUT2D eigenvalue weighted by Gasteiger charge is 2.11. The fourth-order valence-corrected chi connectivity index (χ4v) is 3.38. The fraction of sp³-hybridized carbons (Fsp3) is 0.0500. The molecular formula is C20H14IN2. The topological polar surface area (TPSA) is 17.8 Å². The number of halogens is 1. The van der Waals surface area contributed by atoms with E-state index >= 15 is 0 Å². The van der Waals surface area contributed by atoms with Crippen molar-refractivity contribution >= 4 is 33.6 Å². The van der Waals surface area contributed by atoms with Gasteiger partial charge in [-0.15, -0.1) is 0 Å². The van der Waals surface area contributed by atoms with Crippen molar-refractivity contribution in [3.63, 3.8) is 0 Å². The Bertz CT molecular complexity index is 970. The minimum absolute atomic E-state index is 0.988. The Hall–Kier alpha value is -2.14. The zero-order valence-electron chi connectivity index (χ0n) is 12.6. The third kappa shape index (κ3) is 2.65. The molecule has 4 aromatic rings. The second kappa shape index (κ2) is 5.81. The number of hydrogen-bond donors (Lipinski definition) is 0. The third-order valence-electron chi connectivity index (χ3n) is 3.95. The van der Waals surface area contributed by atoms with Gasteiger partial charge in [0, 0.05) is 32.6 Å². The molecule has 2 aromatic carbocycles. The molecule has 0 fully saturated rings. The van der Waals surface area contributed by atoms with Gasteiger partial charge in [-0.25, -0.2) is 4.98 Å². The lowest BCUT2D eigenvalue weighted by atomic mass is 10.1. The summed E-state index contributed by atoms with van der Waals surface area (Å²) < 4.78 is 3.35. The third-order valence-corrected chi connectivity index (χ3v) is 4.81. The average molecular weight is 409 g/mol. The number of fused-ring (bicyclic) bond motifs is 1. The molecule has 0 saturated heterocycles. The number of hydrogen-bond acceptors (Lipinski definition) is 1. The molecule has 0 saturated carbocycles. The maximum Gasteiger partial charge on any atom is 0.145 e. The maximum absolute atomic E-state index is 4.72.